The molecule has 2 atom stereocenters. The topological polar surface area (TPSA) is 29.5 Å². The summed E-state index contributed by atoms with van der Waals surface area (Å²) >= 11 is 10.2. The summed E-state index contributed by atoms with van der Waals surface area (Å²) in [5, 5.41) is 12.9. The molecule has 0 aliphatic carbocycles. The van der Waals surface area contributed by atoms with Gasteiger partial charge in [-0.3, -0.25) is 0 Å². The molecule has 0 saturated heterocycles. The van der Waals surface area contributed by atoms with E-state index in [2.05, 4.69) is 129 Å². The van der Waals surface area contributed by atoms with Crippen molar-refractivity contribution in [2.45, 2.75) is 56.0 Å². The summed E-state index contributed by atoms with van der Waals surface area (Å²) in [5.74, 6) is 0. The summed E-state index contributed by atoms with van der Waals surface area (Å²) in [4.78, 5) is -0.0798. The van der Waals surface area contributed by atoms with E-state index in [0.29, 0.717) is 6.61 Å². The van der Waals surface area contributed by atoms with Gasteiger partial charge in [-0.2, -0.15) is 0 Å². The number of hydrogen-bond acceptors (Lipinski definition) is 2. The van der Waals surface area contributed by atoms with Crippen LogP contribution >= 0.6 is 47.8 Å². The van der Waals surface area contributed by atoms with E-state index < -0.39 is 14.4 Å². The van der Waals surface area contributed by atoms with Crippen LogP contribution in [0.1, 0.15) is 40.0 Å². The number of aliphatic hydroxyl groups is 1. The number of hydrogen-bond donors (Lipinski definition) is 1. The third-order valence-electron chi connectivity index (χ3n) is 5.28. The first kappa shape index (κ1) is 26.0. The predicted molar refractivity (Wildman–Crippen MR) is 142 cm³/mol. The summed E-state index contributed by atoms with van der Waals surface area (Å²) in [6.07, 6.45) is 4.03. The lowest BCUT2D eigenvalue weighted by molar-refractivity contribution is 0.166. The van der Waals surface area contributed by atoms with Crippen molar-refractivity contribution in [3.05, 3.63) is 70.1 Å². The number of aliphatic hydroxyl groups excluding tert-OH is 1. The van der Waals surface area contributed by atoms with Gasteiger partial charge in [0.05, 0.1) is 14.3 Å². The van der Waals surface area contributed by atoms with Crippen LogP contribution in [-0.4, -0.2) is 31.0 Å². The Morgan fingerprint density at radius 1 is 0.967 bits per heavy atom. The summed E-state index contributed by atoms with van der Waals surface area (Å²) in [6, 6.07) is 21.4. The minimum Gasteiger partial charge on any atom is -0.407 e. The Balaban J connectivity index is 2.15. The second-order valence-corrected chi connectivity index (χ2v) is 16.6. The number of halogens is 3. The fourth-order valence-corrected chi connectivity index (χ4v) is 10.2. The molecule has 164 valence electrons. The highest BCUT2D eigenvalue weighted by Gasteiger charge is 2.49. The van der Waals surface area contributed by atoms with Crippen molar-refractivity contribution in [1.29, 1.82) is 0 Å². The molecule has 0 unspecified atom stereocenters. The molecule has 0 aliphatic heterocycles. The lowest BCUT2D eigenvalue weighted by Gasteiger charge is -2.43. The summed E-state index contributed by atoms with van der Waals surface area (Å²) in [7, 11) is -2.46. The SMILES string of the molecule is CC(C)(C)[Si](OCCCC[C@H](O)[C@H](Br)C=C(Br)Br)(c1ccccc1)c1ccccc1. The number of rotatable bonds is 10. The molecular weight excluding hydrogens is 588 g/mol. The van der Waals surface area contributed by atoms with Gasteiger partial charge in [0.15, 0.2) is 0 Å². The zero-order valence-electron chi connectivity index (χ0n) is 17.8. The summed E-state index contributed by atoms with van der Waals surface area (Å²) in [5.41, 5.74) is 0. The van der Waals surface area contributed by atoms with E-state index in [1.54, 1.807) is 0 Å². The van der Waals surface area contributed by atoms with Gasteiger partial charge < -0.3 is 9.53 Å². The Kier molecular flexibility index (Phi) is 10.5. The third-order valence-corrected chi connectivity index (χ3v) is 11.7. The molecule has 0 bridgehead atoms. The van der Waals surface area contributed by atoms with Crippen molar-refractivity contribution < 1.29 is 9.53 Å². The van der Waals surface area contributed by atoms with Crippen LogP contribution in [0.2, 0.25) is 5.04 Å². The molecule has 2 nitrogen and oxygen atoms in total. The molecule has 6 heteroatoms. The highest BCUT2D eigenvalue weighted by Crippen LogP contribution is 2.36. The van der Waals surface area contributed by atoms with Gasteiger partial charge in [-0.05, 0) is 72.6 Å². The zero-order chi connectivity index (χ0) is 22.2. The maximum Gasteiger partial charge on any atom is 0.261 e. The Morgan fingerprint density at radius 3 is 1.90 bits per heavy atom. The standard InChI is InChI=1S/C24H31Br3O2Si/c1-24(2,3)30(19-12-6-4-7-13-19,20-14-8-5-9-15-20)29-17-11-10-16-22(28)21(25)18-23(26)27/h4-9,12-15,18,21-22,28H,10-11,16-17H2,1-3H3/t21-,22+/m1/s1. The van der Waals surface area contributed by atoms with Crippen LogP contribution in [0.5, 0.6) is 0 Å². The first-order chi connectivity index (χ1) is 14.2. The lowest BCUT2D eigenvalue weighted by Crippen LogP contribution is -2.66. The molecular formula is C24H31Br3O2Si. The molecule has 2 rings (SSSR count). The maximum absolute atomic E-state index is 10.3. The van der Waals surface area contributed by atoms with Crippen molar-refractivity contribution in [1.82, 2.24) is 0 Å². The van der Waals surface area contributed by atoms with E-state index in [1.807, 2.05) is 6.08 Å². The lowest BCUT2D eigenvalue weighted by atomic mass is 10.1. The normalized spacial score (nSPS) is 14.2. The highest BCUT2D eigenvalue weighted by molar-refractivity contribution is 9.28. The van der Waals surface area contributed by atoms with Crippen LogP contribution in [-0.2, 0) is 4.43 Å². The monoisotopic (exact) mass is 616 g/mol. The van der Waals surface area contributed by atoms with E-state index in [1.165, 1.54) is 10.4 Å². The van der Waals surface area contributed by atoms with Gasteiger partial charge in [0, 0.05) is 6.61 Å². The molecule has 0 spiro atoms. The largest absolute Gasteiger partial charge is 0.407 e. The maximum atomic E-state index is 10.3. The molecule has 0 amide bonds. The van der Waals surface area contributed by atoms with Crippen LogP contribution in [0.3, 0.4) is 0 Å². The molecule has 2 aromatic carbocycles. The smallest absolute Gasteiger partial charge is 0.261 e. The Hall–Kier alpha value is -0.243. The fourth-order valence-electron chi connectivity index (χ4n) is 3.83. The van der Waals surface area contributed by atoms with E-state index >= 15 is 0 Å². The quantitative estimate of drug-likeness (QED) is 0.187. The van der Waals surface area contributed by atoms with Gasteiger partial charge in [-0.1, -0.05) is 97.4 Å². The van der Waals surface area contributed by atoms with Gasteiger partial charge >= 0.3 is 0 Å². The molecule has 0 aliphatic rings. The minimum absolute atomic E-state index is 0.0108. The Morgan fingerprint density at radius 2 is 1.47 bits per heavy atom. The van der Waals surface area contributed by atoms with Gasteiger partial charge in [-0.25, -0.2) is 0 Å². The molecule has 1 N–H and O–H groups in total. The van der Waals surface area contributed by atoms with Gasteiger partial charge in [0.2, 0.25) is 0 Å². The second kappa shape index (κ2) is 12.1. The first-order valence-corrected chi connectivity index (χ1v) is 14.7. The number of benzene rings is 2. The average molecular weight is 619 g/mol. The van der Waals surface area contributed by atoms with Crippen LogP contribution < -0.4 is 10.4 Å². The van der Waals surface area contributed by atoms with Crippen LogP contribution in [0.15, 0.2) is 70.1 Å². The Labute approximate surface area is 207 Å². The zero-order valence-corrected chi connectivity index (χ0v) is 23.6. The first-order valence-electron chi connectivity index (χ1n) is 10.3. The molecule has 30 heavy (non-hydrogen) atoms. The molecule has 0 fully saturated rings. The summed E-state index contributed by atoms with van der Waals surface area (Å²) < 4.78 is 7.73. The number of alkyl halides is 1. The van der Waals surface area contributed by atoms with E-state index in [-0.39, 0.29) is 9.87 Å². The van der Waals surface area contributed by atoms with Crippen molar-refractivity contribution in [3.8, 4) is 0 Å². The molecule has 0 radical (unpaired) electrons. The third kappa shape index (κ3) is 6.88. The number of unbranched alkanes of at least 4 members (excludes halogenated alkanes) is 1. The van der Waals surface area contributed by atoms with Crippen molar-refractivity contribution in [2.24, 2.45) is 0 Å². The molecule has 0 saturated carbocycles. The summed E-state index contributed by atoms with van der Waals surface area (Å²) in [6.45, 7) is 7.57. The molecule has 0 heterocycles. The van der Waals surface area contributed by atoms with Crippen LogP contribution in [0, 0.1) is 0 Å². The predicted octanol–water partition coefficient (Wildman–Crippen LogP) is 6.49. The van der Waals surface area contributed by atoms with Crippen molar-refractivity contribution in [3.63, 3.8) is 0 Å². The van der Waals surface area contributed by atoms with E-state index in [0.717, 1.165) is 22.7 Å². The van der Waals surface area contributed by atoms with Gasteiger partial charge in [0.1, 0.15) is 0 Å². The fraction of sp³-hybridized carbons (Fsp3) is 0.417. The highest BCUT2D eigenvalue weighted by atomic mass is 79.9. The molecule has 2 aromatic rings. The van der Waals surface area contributed by atoms with Crippen molar-refractivity contribution >= 4 is 66.5 Å². The second-order valence-electron chi connectivity index (χ2n) is 8.48. The average Bonchev–Trinajstić information content (AvgIpc) is 2.70. The van der Waals surface area contributed by atoms with E-state index in [9.17, 15) is 5.11 Å². The van der Waals surface area contributed by atoms with Gasteiger partial charge in [0.25, 0.3) is 8.32 Å². The minimum atomic E-state index is -2.46. The Bertz CT molecular complexity index is 748. The van der Waals surface area contributed by atoms with Gasteiger partial charge in [-0.15, -0.1) is 0 Å². The molecule has 0 aromatic heterocycles. The van der Waals surface area contributed by atoms with Crippen LogP contribution in [0.25, 0.3) is 0 Å². The van der Waals surface area contributed by atoms with Crippen LogP contribution in [0.4, 0.5) is 0 Å². The van der Waals surface area contributed by atoms with E-state index in [4.69, 9.17) is 4.43 Å². The van der Waals surface area contributed by atoms with Crippen molar-refractivity contribution in [2.75, 3.05) is 6.61 Å².